The van der Waals surface area contributed by atoms with E-state index in [4.69, 9.17) is 0 Å². The van der Waals surface area contributed by atoms with Crippen LogP contribution in [-0.2, 0) is 0 Å². The van der Waals surface area contributed by atoms with Crippen molar-refractivity contribution in [1.82, 2.24) is 0 Å². The van der Waals surface area contributed by atoms with Gasteiger partial charge in [-0.15, -0.1) is 5.73 Å². The van der Waals surface area contributed by atoms with Crippen LogP contribution in [0.25, 0.3) is 5.57 Å². The molecule has 0 N–H and O–H groups in total. The molecule has 0 amide bonds. The molecule has 0 radical (unpaired) electrons. The van der Waals surface area contributed by atoms with Gasteiger partial charge < -0.3 is 0 Å². The molecule has 0 heteroatoms. The fourth-order valence-electron chi connectivity index (χ4n) is 2.36. The second-order valence-electron chi connectivity index (χ2n) is 5.11. The zero-order valence-corrected chi connectivity index (χ0v) is 12.8. The van der Waals surface area contributed by atoms with Gasteiger partial charge in [0.2, 0.25) is 0 Å². The normalized spacial score (nSPS) is 9.39. The molecule has 0 aromatic heterocycles. The molecule has 3 aromatic carbocycles. The Hall–Kier alpha value is -3.26. The first-order chi connectivity index (χ1) is 11.4. The Bertz CT molecular complexity index is 883. The standard InChI is InChI=1S/C23H16/c1-2-23(21-11-7-4-8-12-21)22-17-15-20(16-18-22)14-13-19-9-5-3-6-10-19/h3-12,15-18H,1H2. The van der Waals surface area contributed by atoms with Crippen molar-refractivity contribution < 1.29 is 0 Å². The lowest BCUT2D eigenvalue weighted by Crippen LogP contribution is -1.86. The SMILES string of the molecule is C=C=C(c1ccccc1)c1ccc(C#Cc2ccccc2)cc1. The summed E-state index contributed by atoms with van der Waals surface area (Å²) in [5.41, 5.74) is 8.28. The van der Waals surface area contributed by atoms with E-state index in [1.54, 1.807) is 0 Å². The number of hydrogen-bond donors (Lipinski definition) is 0. The predicted octanol–water partition coefficient (Wildman–Crippen LogP) is 5.30. The fourth-order valence-corrected chi connectivity index (χ4v) is 2.36. The third-order valence-electron chi connectivity index (χ3n) is 3.54. The van der Waals surface area contributed by atoms with Crippen LogP contribution < -0.4 is 0 Å². The Morgan fingerprint density at radius 3 is 1.61 bits per heavy atom. The van der Waals surface area contributed by atoms with Crippen molar-refractivity contribution in [3.8, 4) is 11.8 Å². The summed E-state index contributed by atoms with van der Waals surface area (Å²) in [5.74, 6) is 6.36. The van der Waals surface area contributed by atoms with Gasteiger partial charge in [0.05, 0.1) is 0 Å². The van der Waals surface area contributed by atoms with Crippen molar-refractivity contribution in [3.05, 3.63) is 119 Å². The van der Waals surface area contributed by atoms with Gasteiger partial charge in [0.1, 0.15) is 0 Å². The van der Waals surface area contributed by atoms with E-state index >= 15 is 0 Å². The summed E-state index contributed by atoms with van der Waals surface area (Å²) in [5, 5.41) is 0. The van der Waals surface area contributed by atoms with Gasteiger partial charge >= 0.3 is 0 Å². The smallest absolute Gasteiger partial charge is 0.0303 e. The van der Waals surface area contributed by atoms with E-state index in [0.29, 0.717) is 0 Å². The van der Waals surface area contributed by atoms with Crippen LogP contribution in [0, 0.1) is 11.8 Å². The molecule has 0 nitrogen and oxygen atoms in total. The largest absolute Gasteiger partial charge is 0.119 e. The highest BCUT2D eigenvalue weighted by Crippen LogP contribution is 2.22. The van der Waals surface area contributed by atoms with Gasteiger partial charge in [0, 0.05) is 16.7 Å². The van der Waals surface area contributed by atoms with Gasteiger partial charge in [-0.2, -0.15) is 0 Å². The Morgan fingerprint density at radius 1 is 0.565 bits per heavy atom. The van der Waals surface area contributed by atoms with Crippen molar-refractivity contribution in [1.29, 1.82) is 0 Å². The minimum Gasteiger partial charge on any atom is -0.119 e. The van der Waals surface area contributed by atoms with E-state index in [9.17, 15) is 0 Å². The topological polar surface area (TPSA) is 0 Å². The summed E-state index contributed by atoms with van der Waals surface area (Å²) in [6, 6.07) is 28.4. The maximum absolute atomic E-state index is 3.82. The zero-order valence-electron chi connectivity index (χ0n) is 12.8. The monoisotopic (exact) mass is 292 g/mol. The molecule has 3 rings (SSSR count). The quantitative estimate of drug-likeness (QED) is 0.444. The number of rotatable bonds is 2. The molecule has 3 aromatic rings. The third-order valence-corrected chi connectivity index (χ3v) is 3.54. The van der Waals surface area contributed by atoms with Gasteiger partial charge in [-0.25, -0.2) is 0 Å². The third kappa shape index (κ3) is 3.69. The molecule has 0 atom stereocenters. The van der Waals surface area contributed by atoms with Crippen molar-refractivity contribution in [2.75, 3.05) is 0 Å². The fraction of sp³-hybridized carbons (Fsp3) is 0. The highest BCUT2D eigenvalue weighted by Gasteiger charge is 2.03. The lowest BCUT2D eigenvalue weighted by atomic mass is 9.98. The van der Waals surface area contributed by atoms with E-state index in [1.807, 2.05) is 60.7 Å². The average molecular weight is 292 g/mol. The molecule has 0 spiro atoms. The average Bonchev–Trinajstić information content (AvgIpc) is 2.63. The Kier molecular flexibility index (Phi) is 4.55. The molecule has 0 unspecified atom stereocenters. The number of benzene rings is 3. The van der Waals surface area contributed by atoms with Gasteiger partial charge in [-0.05, 0) is 35.4 Å². The number of hydrogen-bond acceptors (Lipinski definition) is 0. The van der Waals surface area contributed by atoms with E-state index in [1.165, 1.54) is 0 Å². The molecule has 23 heavy (non-hydrogen) atoms. The molecule has 0 fully saturated rings. The first-order valence-corrected chi connectivity index (χ1v) is 7.50. The Labute approximate surface area is 137 Å². The molecule has 0 aliphatic heterocycles. The molecule has 108 valence electrons. The van der Waals surface area contributed by atoms with E-state index < -0.39 is 0 Å². The van der Waals surface area contributed by atoms with Gasteiger partial charge in [0.15, 0.2) is 0 Å². The van der Waals surface area contributed by atoms with Crippen molar-refractivity contribution in [3.63, 3.8) is 0 Å². The maximum Gasteiger partial charge on any atom is 0.0303 e. The molecule has 0 aliphatic rings. The van der Waals surface area contributed by atoms with Crippen molar-refractivity contribution >= 4 is 5.57 Å². The van der Waals surface area contributed by atoms with Crippen LogP contribution in [0.5, 0.6) is 0 Å². The van der Waals surface area contributed by atoms with Crippen LogP contribution in [-0.4, -0.2) is 0 Å². The Morgan fingerprint density at radius 2 is 1.04 bits per heavy atom. The van der Waals surface area contributed by atoms with E-state index in [0.717, 1.165) is 27.8 Å². The summed E-state index contributed by atoms with van der Waals surface area (Å²) >= 11 is 0. The molecule has 0 heterocycles. The van der Waals surface area contributed by atoms with E-state index in [2.05, 4.69) is 48.4 Å². The maximum atomic E-state index is 3.82. The van der Waals surface area contributed by atoms with Crippen LogP contribution in [0.2, 0.25) is 0 Å². The summed E-state index contributed by atoms with van der Waals surface area (Å²) in [4.78, 5) is 0. The zero-order chi connectivity index (χ0) is 15.9. The van der Waals surface area contributed by atoms with Crippen molar-refractivity contribution in [2.24, 2.45) is 0 Å². The van der Waals surface area contributed by atoms with Crippen LogP contribution in [0.1, 0.15) is 22.3 Å². The van der Waals surface area contributed by atoms with Crippen molar-refractivity contribution in [2.45, 2.75) is 0 Å². The summed E-state index contributed by atoms with van der Waals surface area (Å²) < 4.78 is 0. The lowest BCUT2D eigenvalue weighted by Gasteiger charge is -2.05. The van der Waals surface area contributed by atoms with Crippen LogP contribution >= 0.6 is 0 Å². The van der Waals surface area contributed by atoms with Crippen LogP contribution in [0.4, 0.5) is 0 Å². The summed E-state index contributed by atoms with van der Waals surface area (Å²) in [6.45, 7) is 3.82. The van der Waals surface area contributed by atoms with Gasteiger partial charge in [-0.3, -0.25) is 0 Å². The first kappa shape index (κ1) is 14.7. The molecular weight excluding hydrogens is 276 g/mol. The Balaban J connectivity index is 1.85. The molecular formula is C23H16. The second kappa shape index (κ2) is 7.14. The molecule has 0 saturated heterocycles. The predicted molar refractivity (Wildman–Crippen MR) is 97.0 cm³/mol. The second-order valence-corrected chi connectivity index (χ2v) is 5.11. The first-order valence-electron chi connectivity index (χ1n) is 7.50. The minimum absolute atomic E-state index is 0.995. The van der Waals surface area contributed by atoms with Crippen LogP contribution in [0.3, 0.4) is 0 Å². The summed E-state index contributed by atoms with van der Waals surface area (Å²) in [7, 11) is 0. The van der Waals surface area contributed by atoms with Gasteiger partial charge in [-0.1, -0.05) is 79.1 Å². The van der Waals surface area contributed by atoms with Gasteiger partial charge in [0.25, 0.3) is 0 Å². The highest BCUT2D eigenvalue weighted by atomic mass is 14.1. The molecule has 0 saturated carbocycles. The molecule has 0 aliphatic carbocycles. The lowest BCUT2D eigenvalue weighted by molar-refractivity contribution is 1.54. The molecule has 0 bridgehead atoms. The highest BCUT2D eigenvalue weighted by molar-refractivity contribution is 5.79. The summed E-state index contributed by atoms with van der Waals surface area (Å²) in [6.07, 6.45) is 0. The minimum atomic E-state index is 0.995. The van der Waals surface area contributed by atoms with E-state index in [-0.39, 0.29) is 0 Å². The van der Waals surface area contributed by atoms with Crippen LogP contribution in [0.15, 0.2) is 97.2 Å².